The summed E-state index contributed by atoms with van der Waals surface area (Å²) in [7, 11) is 0. The number of nitrogens with one attached hydrogen (secondary N) is 1. The van der Waals surface area contributed by atoms with Gasteiger partial charge in [0.2, 0.25) is 0 Å². The van der Waals surface area contributed by atoms with Gasteiger partial charge in [0.1, 0.15) is 0 Å². The van der Waals surface area contributed by atoms with E-state index in [1.807, 2.05) is 0 Å². The molecule has 0 spiro atoms. The van der Waals surface area contributed by atoms with E-state index in [1.54, 1.807) is 5.01 Å². The van der Waals surface area contributed by atoms with Crippen LogP contribution in [0.4, 0.5) is 0 Å². The molecule has 0 fully saturated rings. The molecule has 1 atom stereocenters. The Kier molecular flexibility index (Phi) is 10.4. The maximum absolute atomic E-state index is 11.4. The number of halogens is 2. The highest BCUT2D eigenvalue weighted by Crippen LogP contribution is 2.14. The summed E-state index contributed by atoms with van der Waals surface area (Å²) >= 11 is 6.52. The minimum atomic E-state index is -0.101. The Morgan fingerprint density at radius 2 is 2.25 bits per heavy atom. The van der Waals surface area contributed by atoms with E-state index in [0.717, 1.165) is 24.7 Å². The van der Waals surface area contributed by atoms with Gasteiger partial charge in [-0.2, -0.15) is 4.45 Å². The first-order valence-electron chi connectivity index (χ1n) is 5.55. The number of amides is 1. The molecule has 0 saturated carbocycles. The Morgan fingerprint density at radius 3 is 2.69 bits per heavy atom. The number of hydrogen-bond donors (Lipinski definition) is 1. The van der Waals surface area contributed by atoms with E-state index in [2.05, 4.69) is 50.0 Å². The minimum Gasteiger partial charge on any atom is -0.268 e. The number of rotatable bonds is 9. The van der Waals surface area contributed by atoms with E-state index in [-0.39, 0.29) is 5.91 Å². The maximum Gasteiger partial charge on any atom is 0.260 e. The molecule has 1 unspecified atom stereocenters. The normalized spacial score (nSPS) is 12.2. The molecular weight excluding hydrogens is 336 g/mol. The van der Waals surface area contributed by atoms with Gasteiger partial charge < -0.3 is 0 Å². The molecule has 5 heteroatoms. The molecule has 0 bridgehead atoms. The van der Waals surface area contributed by atoms with Gasteiger partial charge in [0.15, 0.2) is 0 Å². The summed E-state index contributed by atoms with van der Waals surface area (Å²) in [5.74, 6) is 0.434. The van der Waals surface area contributed by atoms with Crippen LogP contribution in [0.5, 0.6) is 0 Å². The van der Waals surface area contributed by atoms with Crippen LogP contribution in [-0.2, 0) is 4.79 Å². The lowest BCUT2D eigenvalue weighted by Gasteiger charge is -2.24. The van der Waals surface area contributed by atoms with Gasteiger partial charge in [-0.05, 0) is 24.8 Å². The summed E-state index contributed by atoms with van der Waals surface area (Å²) in [6.45, 7) is 6.35. The van der Waals surface area contributed by atoms with Crippen molar-refractivity contribution in [2.75, 3.05) is 11.9 Å². The summed E-state index contributed by atoms with van der Waals surface area (Å²) < 4.78 is 2.72. The summed E-state index contributed by atoms with van der Waals surface area (Å²) in [5, 5.41) is 2.60. The number of hydrazine groups is 1. The summed E-state index contributed by atoms with van der Waals surface area (Å²) in [6.07, 6.45) is 5.94. The first-order valence-corrected chi connectivity index (χ1v) is 7.47. The largest absolute Gasteiger partial charge is 0.268 e. The second-order valence-corrected chi connectivity index (χ2v) is 4.84. The molecule has 0 rings (SSSR count). The second kappa shape index (κ2) is 10.3. The van der Waals surface area contributed by atoms with Crippen LogP contribution in [0.3, 0.4) is 0 Å². The van der Waals surface area contributed by atoms with Crippen molar-refractivity contribution in [3.63, 3.8) is 0 Å². The topological polar surface area (TPSA) is 32.3 Å². The number of carbonyl (C=O) groups excluding carboxylic acids is 1. The zero-order valence-electron chi connectivity index (χ0n) is 9.72. The third kappa shape index (κ3) is 6.66. The van der Waals surface area contributed by atoms with Crippen LogP contribution in [0.1, 0.15) is 32.6 Å². The molecule has 0 saturated heterocycles. The monoisotopic (exact) mass is 354 g/mol. The lowest BCUT2D eigenvalue weighted by molar-refractivity contribution is -0.127. The van der Waals surface area contributed by atoms with Crippen molar-refractivity contribution in [3.05, 3.63) is 12.7 Å². The fourth-order valence-corrected chi connectivity index (χ4v) is 2.20. The molecule has 16 heavy (non-hydrogen) atoms. The molecule has 0 aliphatic rings. The van der Waals surface area contributed by atoms with Gasteiger partial charge in [-0.1, -0.05) is 42.3 Å². The smallest absolute Gasteiger partial charge is 0.260 e. The van der Waals surface area contributed by atoms with Crippen molar-refractivity contribution in [1.82, 2.24) is 9.46 Å². The molecule has 0 aliphatic heterocycles. The Labute approximate surface area is 115 Å². The maximum atomic E-state index is 11.4. The van der Waals surface area contributed by atoms with Crippen LogP contribution in [0.15, 0.2) is 12.7 Å². The minimum absolute atomic E-state index is 0.101. The van der Waals surface area contributed by atoms with Gasteiger partial charge in [-0.25, -0.2) is 0 Å². The number of carbonyl (C=O) groups is 1. The molecule has 1 amide bonds. The molecular formula is C11H20Br2N2O. The van der Waals surface area contributed by atoms with Crippen LogP contribution in [0, 0.1) is 5.92 Å². The van der Waals surface area contributed by atoms with E-state index in [0.29, 0.717) is 5.92 Å². The van der Waals surface area contributed by atoms with E-state index in [4.69, 9.17) is 0 Å². The van der Waals surface area contributed by atoms with Crippen molar-refractivity contribution >= 4 is 38.0 Å². The van der Waals surface area contributed by atoms with Crippen molar-refractivity contribution in [2.45, 2.75) is 32.6 Å². The standard InChI is InChI=1S/C11H20Br2N2O/c1-3-10(7-5-6-8-12)9-15(14-13)11(16)4-2/h4,10,14H,2-3,5-9H2,1H3. The second-order valence-electron chi connectivity index (χ2n) is 3.70. The summed E-state index contributed by atoms with van der Waals surface area (Å²) in [5.41, 5.74) is 0. The highest BCUT2D eigenvalue weighted by molar-refractivity contribution is 9.09. The molecule has 1 N–H and O–H groups in total. The average molecular weight is 356 g/mol. The first-order chi connectivity index (χ1) is 7.69. The van der Waals surface area contributed by atoms with Crippen LogP contribution < -0.4 is 4.45 Å². The van der Waals surface area contributed by atoms with Gasteiger partial charge in [-0.3, -0.25) is 9.80 Å². The predicted octanol–water partition coefficient (Wildman–Crippen LogP) is 3.41. The zero-order valence-corrected chi connectivity index (χ0v) is 12.9. The molecule has 0 aromatic rings. The predicted molar refractivity (Wildman–Crippen MR) is 75.4 cm³/mol. The van der Waals surface area contributed by atoms with E-state index in [9.17, 15) is 4.79 Å². The molecule has 0 aromatic heterocycles. The molecule has 94 valence electrons. The van der Waals surface area contributed by atoms with Crippen molar-refractivity contribution < 1.29 is 4.79 Å². The average Bonchev–Trinajstić information content (AvgIpc) is 2.32. The van der Waals surface area contributed by atoms with Crippen molar-refractivity contribution in [2.24, 2.45) is 5.92 Å². The third-order valence-electron chi connectivity index (χ3n) is 2.56. The van der Waals surface area contributed by atoms with E-state index < -0.39 is 0 Å². The Balaban J connectivity index is 4.06. The highest BCUT2D eigenvalue weighted by atomic mass is 79.9. The first kappa shape index (κ1) is 16.1. The highest BCUT2D eigenvalue weighted by Gasteiger charge is 2.14. The number of unbranched alkanes of at least 4 members (excludes halogenated alkanes) is 1. The van der Waals surface area contributed by atoms with Gasteiger partial charge in [0.05, 0.1) is 0 Å². The molecule has 3 nitrogen and oxygen atoms in total. The SMILES string of the molecule is C=CC(=O)N(CC(CC)CCCCBr)NBr. The summed E-state index contributed by atoms with van der Waals surface area (Å²) in [4.78, 5) is 11.4. The number of alkyl halides is 1. The third-order valence-corrected chi connectivity index (χ3v) is 3.55. The molecule has 0 heterocycles. The van der Waals surface area contributed by atoms with Crippen molar-refractivity contribution in [3.8, 4) is 0 Å². The lowest BCUT2D eigenvalue weighted by Crippen LogP contribution is -2.39. The van der Waals surface area contributed by atoms with Crippen molar-refractivity contribution in [1.29, 1.82) is 0 Å². The quantitative estimate of drug-likeness (QED) is 0.226. The molecule has 0 radical (unpaired) electrons. The number of hydrogen-bond acceptors (Lipinski definition) is 2. The van der Waals surface area contributed by atoms with Gasteiger partial charge in [-0.15, -0.1) is 0 Å². The van der Waals surface area contributed by atoms with Gasteiger partial charge >= 0.3 is 0 Å². The van der Waals surface area contributed by atoms with E-state index >= 15 is 0 Å². The Morgan fingerprint density at radius 1 is 1.56 bits per heavy atom. The van der Waals surface area contributed by atoms with Crippen LogP contribution in [-0.4, -0.2) is 22.8 Å². The number of nitrogens with zero attached hydrogens (tertiary/aromatic N) is 1. The zero-order chi connectivity index (χ0) is 12.4. The lowest BCUT2D eigenvalue weighted by atomic mass is 9.99. The van der Waals surface area contributed by atoms with Crippen LogP contribution in [0.2, 0.25) is 0 Å². The van der Waals surface area contributed by atoms with Gasteiger partial charge in [0, 0.05) is 28.0 Å². The summed E-state index contributed by atoms with van der Waals surface area (Å²) in [6, 6.07) is 0. The van der Waals surface area contributed by atoms with Gasteiger partial charge in [0.25, 0.3) is 5.91 Å². The van der Waals surface area contributed by atoms with Crippen LogP contribution >= 0.6 is 32.1 Å². The molecule has 0 aromatic carbocycles. The van der Waals surface area contributed by atoms with E-state index in [1.165, 1.54) is 18.9 Å². The Hall–Kier alpha value is 0.130. The molecule has 0 aliphatic carbocycles. The fourth-order valence-electron chi connectivity index (χ4n) is 1.49. The fraction of sp³-hybridized carbons (Fsp3) is 0.727. The van der Waals surface area contributed by atoms with Crippen LogP contribution in [0.25, 0.3) is 0 Å². The Bertz CT molecular complexity index is 212.